The second-order valence-electron chi connectivity index (χ2n) is 7.89. The van der Waals surface area contributed by atoms with Gasteiger partial charge in [0, 0.05) is 33.2 Å². The second kappa shape index (κ2) is 7.39. The molecule has 0 spiro atoms. The first kappa shape index (κ1) is 19.2. The van der Waals surface area contributed by atoms with Crippen LogP contribution in [0.2, 0.25) is 0 Å². The van der Waals surface area contributed by atoms with Crippen molar-refractivity contribution >= 4 is 16.9 Å². The van der Waals surface area contributed by atoms with Crippen LogP contribution in [0.3, 0.4) is 0 Å². The van der Waals surface area contributed by atoms with Gasteiger partial charge in [0.05, 0.1) is 5.39 Å². The van der Waals surface area contributed by atoms with E-state index in [0.717, 1.165) is 29.4 Å². The molecule has 1 aromatic carbocycles. The third-order valence-corrected chi connectivity index (χ3v) is 5.96. The van der Waals surface area contributed by atoms with Crippen LogP contribution >= 0.6 is 0 Å². The Morgan fingerprint density at radius 3 is 2.48 bits per heavy atom. The summed E-state index contributed by atoms with van der Waals surface area (Å²) in [5, 5.41) is 0.388. The summed E-state index contributed by atoms with van der Waals surface area (Å²) in [5.41, 5.74) is 1.15. The molecule has 29 heavy (non-hydrogen) atoms. The van der Waals surface area contributed by atoms with Crippen molar-refractivity contribution in [3.63, 3.8) is 0 Å². The Hall–Kier alpha value is -3.09. The van der Waals surface area contributed by atoms with Crippen LogP contribution in [0.1, 0.15) is 42.2 Å². The van der Waals surface area contributed by atoms with Gasteiger partial charge >= 0.3 is 5.69 Å². The standard InChI is InChI=1S/C22H26N4O3/c1-15-9-7-8-12-25(15)21(28)18-13-17-19(23(2)22(29)24(3)20(17)27)26(18)14-16-10-5-4-6-11-16/h4-6,10-11,13,15H,7-9,12,14H2,1-3H3/t15-/m0/s1. The number of carbonyl (C=O) groups is 1. The van der Waals surface area contributed by atoms with E-state index in [1.165, 1.54) is 11.6 Å². The molecule has 2 aromatic heterocycles. The highest BCUT2D eigenvalue weighted by molar-refractivity contribution is 5.98. The van der Waals surface area contributed by atoms with Gasteiger partial charge in [0.1, 0.15) is 11.3 Å². The summed E-state index contributed by atoms with van der Waals surface area (Å²) >= 11 is 0. The zero-order valence-corrected chi connectivity index (χ0v) is 17.1. The zero-order chi connectivity index (χ0) is 20.7. The fourth-order valence-electron chi connectivity index (χ4n) is 4.29. The smallest absolute Gasteiger partial charge is 0.332 e. The summed E-state index contributed by atoms with van der Waals surface area (Å²) in [6, 6.07) is 11.6. The average Bonchev–Trinajstić information content (AvgIpc) is 3.10. The van der Waals surface area contributed by atoms with E-state index in [1.54, 1.807) is 13.1 Å². The van der Waals surface area contributed by atoms with Gasteiger partial charge in [-0.1, -0.05) is 30.3 Å². The lowest BCUT2D eigenvalue weighted by Crippen LogP contribution is -2.42. The van der Waals surface area contributed by atoms with Crippen molar-refractivity contribution in [3.05, 3.63) is 68.5 Å². The van der Waals surface area contributed by atoms with Gasteiger partial charge in [0.15, 0.2) is 0 Å². The molecule has 3 aromatic rings. The number of aryl methyl sites for hydroxylation is 1. The van der Waals surface area contributed by atoms with Gasteiger partial charge in [-0.25, -0.2) is 4.79 Å². The van der Waals surface area contributed by atoms with Crippen LogP contribution in [-0.2, 0) is 20.6 Å². The van der Waals surface area contributed by atoms with Gasteiger partial charge in [-0.05, 0) is 37.8 Å². The van der Waals surface area contributed by atoms with E-state index in [-0.39, 0.29) is 17.5 Å². The summed E-state index contributed by atoms with van der Waals surface area (Å²) in [4.78, 5) is 40.7. The fraction of sp³-hybridized carbons (Fsp3) is 0.409. The Bertz CT molecular complexity index is 1190. The van der Waals surface area contributed by atoms with E-state index in [9.17, 15) is 14.4 Å². The minimum Gasteiger partial charge on any atom is -0.335 e. The number of piperidine rings is 1. The monoisotopic (exact) mass is 394 g/mol. The van der Waals surface area contributed by atoms with Gasteiger partial charge in [-0.3, -0.25) is 18.7 Å². The van der Waals surface area contributed by atoms with Crippen molar-refractivity contribution in [2.45, 2.75) is 38.8 Å². The van der Waals surface area contributed by atoms with E-state index in [1.807, 2.05) is 39.8 Å². The van der Waals surface area contributed by atoms with E-state index in [0.29, 0.717) is 29.8 Å². The van der Waals surface area contributed by atoms with Crippen molar-refractivity contribution in [1.82, 2.24) is 18.6 Å². The number of amides is 1. The number of rotatable bonds is 3. The normalized spacial score (nSPS) is 17.1. The van der Waals surface area contributed by atoms with Crippen molar-refractivity contribution in [2.24, 2.45) is 14.1 Å². The number of benzene rings is 1. The average molecular weight is 394 g/mol. The van der Waals surface area contributed by atoms with E-state index >= 15 is 0 Å². The third-order valence-electron chi connectivity index (χ3n) is 5.96. The molecule has 3 heterocycles. The van der Waals surface area contributed by atoms with Gasteiger partial charge in [-0.15, -0.1) is 0 Å². The van der Waals surface area contributed by atoms with Crippen LogP contribution in [-0.4, -0.2) is 37.1 Å². The second-order valence-corrected chi connectivity index (χ2v) is 7.89. The Labute approximate surface area is 168 Å². The maximum absolute atomic E-state index is 13.5. The minimum absolute atomic E-state index is 0.0844. The number of hydrogen-bond acceptors (Lipinski definition) is 3. The Morgan fingerprint density at radius 2 is 1.79 bits per heavy atom. The predicted octanol–water partition coefficient (Wildman–Crippen LogP) is 2.10. The van der Waals surface area contributed by atoms with Crippen LogP contribution < -0.4 is 11.2 Å². The van der Waals surface area contributed by atoms with Gasteiger partial charge in [0.25, 0.3) is 11.5 Å². The Kier molecular flexibility index (Phi) is 4.90. The Balaban J connectivity index is 1.95. The molecule has 7 heteroatoms. The van der Waals surface area contributed by atoms with Gasteiger partial charge in [0.2, 0.25) is 0 Å². The molecule has 0 saturated carbocycles. The molecule has 0 aliphatic carbocycles. The highest BCUT2D eigenvalue weighted by atomic mass is 16.2. The van der Waals surface area contributed by atoms with Crippen LogP contribution in [0.5, 0.6) is 0 Å². The molecular weight excluding hydrogens is 368 g/mol. The van der Waals surface area contributed by atoms with Gasteiger partial charge < -0.3 is 9.47 Å². The van der Waals surface area contributed by atoms with Crippen LogP contribution in [0.4, 0.5) is 0 Å². The molecule has 4 rings (SSSR count). The van der Waals surface area contributed by atoms with Gasteiger partial charge in [-0.2, -0.15) is 0 Å². The molecule has 1 amide bonds. The number of hydrogen-bond donors (Lipinski definition) is 0. The maximum Gasteiger partial charge on any atom is 0.332 e. The largest absolute Gasteiger partial charge is 0.335 e. The van der Waals surface area contributed by atoms with Crippen molar-refractivity contribution in [3.8, 4) is 0 Å². The first-order chi connectivity index (χ1) is 13.9. The van der Waals surface area contributed by atoms with Crippen LogP contribution in [0.15, 0.2) is 46.0 Å². The van der Waals surface area contributed by atoms with Crippen molar-refractivity contribution in [2.75, 3.05) is 6.54 Å². The lowest BCUT2D eigenvalue weighted by molar-refractivity contribution is 0.0625. The molecule has 1 fully saturated rings. The quantitative estimate of drug-likeness (QED) is 0.683. The molecule has 0 bridgehead atoms. The van der Waals surface area contributed by atoms with E-state index in [2.05, 4.69) is 6.92 Å². The number of likely N-dealkylation sites (tertiary alicyclic amines) is 1. The third kappa shape index (κ3) is 3.20. The SMILES string of the molecule is C[C@H]1CCCCN1C(=O)c1cc2c(=O)n(C)c(=O)n(C)c2n1Cc1ccccc1. The summed E-state index contributed by atoms with van der Waals surface area (Å²) in [7, 11) is 3.11. The molecule has 1 aliphatic heterocycles. The first-order valence-electron chi connectivity index (χ1n) is 10.0. The summed E-state index contributed by atoms with van der Waals surface area (Å²) < 4.78 is 4.36. The summed E-state index contributed by atoms with van der Waals surface area (Å²) in [6.07, 6.45) is 3.08. The molecule has 0 radical (unpaired) electrons. The zero-order valence-electron chi connectivity index (χ0n) is 17.1. The molecular formula is C22H26N4O3. The molecule has 7 nitrogen and oxygen atoms in total. The number of carbonyl (C=O) groups excluding carboxylic acids is 1. The molecule has 152 valence electrons. The topological polar surface area (TPSA) is 69.2 Å². The molecule has 0 unspecified atom stereocenters. The van der Waals surface area contributed by atoms with E-state index in [4.69, 9.17) is 0 Å². The maximum atomic E-state index is 13.5. The highest BCUT2D eigenvalue weighted by Crippen LogP contribution is 2.23. The van der Waals surface area contributed by atoms with Crippen LogP contribution in [0, 0.1) is 0 Å². The van der Waals surface area contributed by atoms with Crippen molar-refractivity contribution < 1.29 is 4.79 Å². The molecule has 0 N–H and O–H groups in total. The molecule has 1 aliphatic rings. The first-order valence-corrected chi connectivity index (χ1v) is 10.0. The lowest BCUT2D eigenvalue weighted by Gasteiger charge is -2.33. The van der Waals surface area contributed by atoms with Crippen molar-refractivity contribution in [1.29, 1.82) is 0 Å². The number of nitrogens with zero attached hydrogens (tertiary/aromatic N) is 4. The number of aromatic nitrogens is 3. The molecule has 1 saturated heterocycles. The predicted molar refractivity (Wildman–Crippen MR) is 112 cm³/mol. The highest BCUT2D eigenvalue weighted by Gasteiger charge is 2.29. The minimum atomic E-state index is -0.403. The van der Waals surface area contributed by atoms with Crippen LogP contribution in [0.25, 0.3) is 11.0 Å². The lowest BCUT2D eigenvalue weighted by atomic mass is 10.0. The number of fused-ring (bicyclic) bond motifs is 1. The fourth-order valence-corrected chi connectivity index (χ4v) is 4.29. The summed E-state index contributed by atoms with van der Waals surface area (Å²) in [5.74, 6) is -0.0844. The Morgan fingerprint density at radius 1 is 1.07 bits per heavy atom. The molecule has 1 atom stereocenters. The summed E-state index contributed by atoms with van der Waals surface area (Å²) in [6.45, 7) is 3.19. The van der Waals surface area contributed by atoms with E-state index < -0.39 is 5.69 Å².